The lowest BCUT2D eigenvalue weighted by molar-refractivity contribution is 0.102. The minimum absolute atomic E-state index is 0.0890. The molecule has 0 atom stereocenters. The SMILES string of the molecule is O=Cc1cccc(NC(=O)c2ccc(=O)[nH]n2)c1. The highest BCUT2D eigenvalue weighted by atomic mass is 16.2. The number of nitrogens with one attached hydrogen (secondary N) is 2. The standard InChI is InChI=1S/C12H9N3O3/c16-7-8-2-1-3-9(6-8)13-12(18)10-4-5-11(17)15-14-10/h1-7H,(H,13,18)(H,15,17). The van der Waals surface area contributed by atoms with Crippen LogP contribution in [0.5, 0.6) is 0 Å². The predicted molar refractivity (Wildman–Crippen MR) is 64.6 cm³/mol. The topological polar surface area (TPSA) is 91.9 Å². The summed E-state index contributed by atoms with van der Waals surface area (Å²) in [5.41, 5.74) is 0.653. The maximum Gasteiger partial charge on any atom is 0.276 e. The van der Waals surface area contributed by atoms with Crippen molar-refractivity contribution in [3.63, 3.8) is 0 Å². The fourth-order valence-electron chi connectivity index (χ4n) is 1.36. The van der Waals surface area contributed by atoms with Crippen molar-refractivity contribution in [2.45, 2.75) is 0 Å². The normalized spacial score (nSPS) is 9.78. The summed E-state index contributed by atoms with van der Waals surface area (Å²) < 4.78 is 0. The second kappa shape index (κ2) is 5.05. The van der Waals surface area contributed by atoms with Gasteiger partial charge in [0.1, 0.15) is 12.0 Å². The lowest BCUT2D eigenvalue weighted by Crippen LogP contribution is -2.17. The first-order valence-electron chi connectivity index (χ1n) is 5.11. The highest BCUT2D eigenvalue weighted by Crippen LogP contribution is 2.09. The number of aldehydes is 1. The Balaban J connectivity index is 2.18. The molecule has 1 aromatic carbocycles. The maximum absolute atomic E-state index is 11.7. The molecule has 0 radical (unpaired) electrons. The first-order valence-corrected chi connectivity index (χ1v) is 5.11. The summed E-state index contributed by atoms with van der Waals surface area (Å²) in [7, 11) is 0. The van der Waals surface area contributed by atoms with Gasteiger partial charge in [-0.3, -0.25) is 14.4 Å². The second-order valence-electron chi connectivity index (χ2n) is 3.50. The molecule has 0 spiro atoms. The summed E-state index contributed by atoms with van der Waals surface area (Å²) in [5, 5.41) is 8.33. The van der Waals surface area contributed by atoms with E-state index in [1.54, 1.807) is 18.2 Å². The van der Waals surface area contributed by atoms with Gasteiger partial charge in [-0.15, -0.1) is 0 Å². The fourth-order valence-corrected chi connectivity index (χ4v) is 1.36. The van der Waals surface area contributed by atoms with Crippen LogP contribution in [0.4, 0.5) is 5.69 Å². The second-order valence-corrected chi connectivity index (χ2v) is 3.50. The molecule has 0 unspecified atom stereocenters. The molecule has 0 saturated carbocycles. The highest BCUT2D eigenvalue weighted by molar-refractivity contribution is 6.03. The van der Waals surface area contributed by atoms with Crippen molar-refractivity contribution in [1.82, 2.24) is 10.2 Å². The number of anilines is 1. The van der Waals surface area contributed by atoms with Gasteiger partial charge in [-0.1, -0.05) is 12.1 Å². The fraction of sp³-hybridized carbons (Fsp3) is 0. The van der Waals surface area contributed by atoms with E-state index >= 15 is 0 Å². The molecule has 0 aliphatic rings. The lowest BCUT2D eigenvalue weighted by Gasteiger charge is -2.04. The Morgan fingerprint density at radius 3 is 2.78 bits per heavy atom. The minimum Gasteiger partial charge on any atom is -0.321 e. The first kappa shape index (κ1) is 11.7. The van der Waals surface area contributed by atoms with Gasteiger partial charge in [0.15, 0.2) is 0 Å². The molecule has 0 bridgehead atoms. The Morgan fingerprint density at radius 2 is 2.11 bits per heavy atom. The van der Waals surface area contributed by atoms with E-state index in [0.717, 1.165) is 0 Å². The molecule has 2 N–H and O–H groups in total. The van der Waals surface area contributed by atoms with Crippen molar-refractivity contribution in [1.29, 1.82) is 0 Å². The van der Waals surface area contributed by atoms with E-state index in [-0.39, 0.29) is 11.3 Å². The number of carbonyl (C=O) groups is 2. The molecule has 90 valence electrons. The van der Waals surface area contributed by atoms with E-state index in [1.165, 1.54) is 18.2 Å². The van der Waals surface area contributed by atoms with Gasteiger partial charge in [0.05, 0.1) is 0 Å². The smallest absolute Gasteiger partial charge is 0.276 e. The van der Waals surface area contributed by atoms with Gasteiger partial charge >= 0.3 is 0 Å². The van der Waals surface area contributed by atoms with E-state index < -0.39 is 5.91 Å². The molecule has 0 saturated heterocycles. The van der Waals surface area contributed by atoms with Gasteiger partial charge in [-0.2, -0.15) is 5.10 Å². The number of hydrogen-bond acceptors (Lipinski definition) is 4. The van der Waals surface area contributed by atoms with Crippen LogP contribution in [0.15, 0.2) is 41.2 Å². The highest BCUT2D eigenvalue weighted by Gasteiger charge is 2.07. The van der Waals surface area contributed by atoms with E-state index in [4.69, 9.17) is 0 Å². The van der Waals surface area contributed by atoms with Gasteiger partial charge in [0.25, 0.3) is 11.5 Å². The number of H-pyrrole nitrogens is 1. The molecular formula is C12H9N3O3. The third kappa shape index (κ3) is 2.67. The number of aromatic nitrogens is 2. The zero-order valence-electron chi connectivity index (χ0n) is 9.21. The van der Waals surface area contributed by atoms with Gasteiger partial charge < -0.3 is 5.32 Å². The summed E-state index contributed by atoms with van der Waals surface area (Å²) in [6, 6.07) is 9.00. The van der Waals surface area contributed by atoms with Crippen molar-refractivity contribution >= 4 is 17.9 Å². The molecule has 1 aromatic heterocycles. The van der Waals surface area contributed by atoms with Crippen molar-refractivity contribution in [2.24, 2.45) is 0 Å². The average Bonchev–Trinajstić information content (AvgIpc) is 2.39. The molecule has 2 rings (SSSR count). The van der Waals surface area contributed by atoms with Crippen LogP contribution < -0.4 is 10.9 Å². The Bertz CT molecular complexity index is 629. The van der Waals surface area contributed by atoms with E-state index in [1.807, 2.05) is 0 Å². The molecule has 18 heavy (non-hydrogen) atoms. The molecule has 1 heterocycles. The van der Waals surface area contributed by atoms with Gasteiger partial charge in [-0.25, -0.2) is 5.10 Å². The predicted octanol–water partition coefficient (Wildman–Crippen LogP) is 0.835. The van der Waals surface area contributed by atoms with Crippen LogP contribution in [0, 0.1) is 0 Å². The third-order valence-electron chi connectivity index (χ3n) is 2.19. The van der Waals surface area contributed by atoms with Gasteiger partial charge in [0, 0.05) is 17.3 Å². The molecule has 0 fully saturated rings. The zero-order chi connectivity index (χ0) is 13.0. The van der Waals surface area contributed by atoms with Crippen molar-refractivity contribution in [3.05, 3.63) is 58.0 Å². The number of hydrogen-bond donors (Lipinski definition) is 2. The third-order valence-corrected chi connectivity index (χ3v) is 2.19. The van der Waals surface area contributed by atoms with Crippen LogP contribution in [0.25, 0.3) is 0 Å². The van der Waals surface area contributed by atoms with Crippen molar-refractivity contribution < 1.29 is 9.59 Å². The van der Waals surface area contributed by atoms with Crippen LogP contribution in [0.3, 0.4) is 0 Å². The van der Waals surface area contributed by atoms with Crippen LogP contribution >= 0.6 is 0 Å². The van der Waals surface area contributed by atoms with E-state index in [0.29, 0.717) is 17.5 Å². The molecule has 0 aliphatic heterocycles. The van der Waals surface area contributed by atoms with Crippen LogP contribution in [0.2, 0.25) is 0 Å². The summed E-state index contributed by atoms with van der Waals surface area (Å²) in [6.45, 7) is 0. The number of benzene rings is 1. The summed E-state index contributed by atoms with van der Waals surface area (Å²) in [4.78, 5) is 33.1. The lowest BCUT2D eigenvalue weighted by atomic mass is 10.2. The molecule has 6 nitrogen and oxygen atoms in total. The summed E-state index contributed by atoms with van der Waals surface area (Å²) in [5.74, 6) is -0.464. The Kier molecular flexibility index (Phi) is 3.29. The van der Waals surface area contributed by atoms with Gasteiger partial charge in [0.2, 0.25) is 0 Å². The minimum atomic E-state index is -0.464. The van der Waals surface area contributed by atoms with Crippen LogP contribution in [-0.4, -0.2) is 22.4 Å². The molecule has 0 aliphatic carbocycles. The van der Waals surface area contributed by atoms with Gasteiger partial charge in [-0.05, 0) is 18.2 Å². The largest absolute Gasteiger partial charge is 0.321 e. The number of rotatable bonds is 3. The summed E-state index contributed by atoms with van der Waals surface area (Å²) >= 11 is 0. The monoisotopic (exact) mass is 243 g/mol. The van der Waals surface area contributed by atoms with E-state index in [2.05, 4.69) is 15.5 Å². The molecule has 6 heteroatoms. The maximum atomic E-state index is 11.7. The average molecular weight is 243 g/mol. The molecular weight excluding hydrogens is 234 g/mol. The Morgan fingerprint density at radius 1 is 1.28 bits per heavy atom. The van der Waals surface area contributed by atoms with Crippen LogP contribution in [-0.2, 0) is 0 Å². The van der Waals surface area contributed by atoms with E-state index in [9.17, 15) is 14.4 Å². The number of carbonyl (C=O) groups excluding carboxylic acids is 2. The molecule has 2 aromatic rings. The van der Waals surface area contributed by atoms with Crippen LogP contribution in [0.1, 0.15) is 20.8 Å². The Labute approximate surface area is 102 Å². The first-order chi connectivity index (χ1) is 8.69. The summed E-state index contributed by atoms with van der Waals surface area (Å²) in [6.07, 6.45) is 0.688. The number of aromatic amines is 1. The number of nitrogens with zero attached hydrogens (tertiary/aromatic N) is 1. The quantitative estimate of drug-likeness (QED) is 0.781. The molecule has 1 amide bonds. The van der Waals surface area contributed by atoms with Crippen molar-refractivity contribution in [3.8, 4) is 0 Å². The zero-order valence-corrected chi connectivity index (χ0v) is 9.21. The number of amides is 1. The Hall–Kier alpha value is -2.76. The van der Waals surface area contributed by atoms with Crippen molar-refractivity contribution in [2.75, 3.05) is 5.32 Å².